The van der Waals surface area contributed by atoms with E-state index in [0.29, 0.717) is 23.2 Å². The van der Waals surface area contributed by atoms with Crippen LogP contribution in [0.3, 0.4) is 0 Å². The van der Waals surface area contributed by atoms with E-state index in [9.17, 15) is 32.3 Å². The summed E-state index contributed by atoms with van der Waals surface area (Å²) in [6.45, 7) is -0.986. The van der Waals surface area contributed by atoms with E-state index >= 15 is 0 Å². The first-order valence-electron chi connectivity index (χ1n) is 14.5. The SMILES string of the molecule is NC(=O)c1c(CC2CC2)nc2c(cnn2[C@@H](CO)c2ccc(F)cn2)c1-c1ccc2c(c1)OC(F)(F)C(=O)N2Cc1ncc(F)cn1. The van der Waals surface area contributed by atoms with Crippen molar-refractivity contribution in [3.63, 3.8) is 0 Å². The Bertz CT molecular complexity index is 2030. The van der Waals surface area contributed by atoms with Crippen molar-refractivity contribution in [3.8, 4) is 16.9 Å². The number of rotatable bonds is 9. The summed E-state index contributed by atoms with van der Waals surface area (Å²) in [4.78, 5) is 42.9. The van der Waals surface area contributed by atoms with Gasteiger partial charge in [-0.2, -0.15) is 13.9 Å². The van der Waals surface area contributed by atoms with Crippen LogP contribution >= 0.6 is 0 Å². The second-order valence-electron chi connectivity index (χ2n) is 11.3. The first-order valence-corrected chi connectivity index (χ1v) is 14.5. The number of anilines is 1. The van der Waals surface area contributed by atoms with Gasteiger partial charge in [0.1, 0.15) is 17.7 Å². The number of nitrogens with two attached hydrogens (primary N) is 1. The summed E-state index contributed by atoms with van der Waals surface area (Å²) in [5.41, 5.74) is 7.27. The molecular weight excluding hydrogens is 624 g/mol. The summed E-state index contributed by atoms with van der Waals surface area (Å²) in [6, 6.07) is 5.82. The second-order valence-corrected chi connectivity index (χ2v) is 11.3. The van der Waals surface area contributed by atoms with Gasteiger partial charge >= 0.3 is 12.0 Å². The molecule has 0 bridgehead atoms. The lowest BCUT2D eigenvalue weighted by molar-refractivity contribution is -0.193. The van der Waals surface area contributed by atoms with Crippen LogP contribution < -0.4 is 15.4 Å². The molecule has 0 saturated heterocycles. The maximum absolute atomic E-state index is 15.0. The number of hydrogen-bond donors (Lipinski definition) is 2. The van der Waals surface area contributed by atoms with Gasteiger partial charge < -0.3 is 15.6 Å². The van der Waals surface area contributed by atoms with Crippen molar-refractivity contribution in [3.05, 3.63) is 89.5 Å². The molecule has 3 N–H and O–H groups in total. The molecule has 1 aromatic carbocycles. The number of alkyl halides is 2. The number of aromatic nitrogens is 6. The number of fused-ring (bicyclic) bond motifs is 2. The predicted molar refractivity (Wildman–Crippen MR) is 156 cm³/mol. The van der Waals surface area contributed by atoms with E-state index in [0.717, 1.165) is 36.3 Å². The Morgan fingerprint density at radius 2 is 1.81 bits per heavy atom. The van der Waals surface area contributed by atoms with Crippen LogP contribution in [-0.4, -0.2) is 59.4 Å². The molecule has 5 aromatic rings. The van der Waals surface area contributed by atoms with Crippen molar-refractivity contribution in [1.82, 2.24) is 29.7 Å². The molecule has 1 aliphatic heterocycles. The molecule has 2 aliphatic rings. The molecule has 0 spiro atoms. The standard InChI is InChI=1S/C31H24F4N8O4/c32-17-4-5-20(37-9-17)23(14-44)43-29-19(12-40-43)26(27(28(36)45)21(41-29)7-15-1-2-15)16-3-6-22-24(8-16)47-31(34,35)30(46)42(22)13-25-38-10-18(33)11-39-25/h3-6,8-12,15,23,44H,1-2,7,13-14H2,(H2,36,45)/t23-/m0/s1. The van der Waals surface area contributed by atoms with Gasteiger partial charge in [0.25, 0.3) is 5.91 Å². The number of benzene rings is 1. The Hall–Kier alpha value is -5.51. The number of primary amides is 1. The quantitative estimate of drug-likeness (QED) is 0.227. The van der Waals surface area contributed by atoms with Crippen molar-refractivity contribution in [2.75, 3.05) is 11.5 Å². The topological polar surface area (TPSA) is 162 Å². The molecule has 1 aliphatic carbocycles. The fourth-order valence-electron chi connectivity index (χ4n) is 5.66. The minimum Gasteiger partial charge on any atom is -0.423 e. The van der Waals surface area contributed by atoms with E-state index in [-0.39, 0.29) is 39.8 Å². The first kappa shape index (κ1) is 30.2. The Kier molecular flexibility index (Phi) is 7.30. The van der Waals surface area contributed by atoms with Gasteiger partial charge in [0.15, 0.2) is 17.2 Å². The average Bonchev–Trinajstić information content (AvgIpc) is 3.77. The molecule has 0 radical (unpaired) electrons. The number of hydrogen-bond acceptors (Lipinski definition) is 9. The summed E-state index contributed by atoms with van der Waals surface area (Å²) >= 11 is 0. The highest BCUT2D eigenvalue weighted by atomic mass is 19.3. The number of carbonyl (C=O) groups excluding carboxylic acids is 2. The number of aliphatic hydroxyl groups is 1. The zero-order chi connectivity index (χ0) is 33.0. The minimum absolute atomic E-state index is 0.0415. The smallest absolute Gasteiger partial charge is 0.423 e. The van der Waals surface area contributed by atoms with E-state index in [1.165, 1.54) is 41.2 Å². The van der Waals surface area contributed by atoms with Crippen molar-refractivity contribution in [2.24, 2.45) is 11.7 Å². The molecule has 47 heavy (non-hydrogen) atoms. The Balaban J connectivity index is 1.40. The Morgan fingerprint density at radius 1 is 1.06 bits per heavy atom. The lowest BCUT2D eigenvalue weighted by Crippen LogP contribution is -2.50. The van der Waals surface area contributed by atoms with Crippen LogP contribution in [0.4, 0.5) is 23.2 Å². The van der Waals surface area contributed by atoms with E-state index in [2.05, 4.69) is 20.1 Å². The number of carbonyl (C=O) groups is 2. The van der Waals surface area contributed by atoms with Crippen LogP contribution in [0.25, 0.3) is 22.2 Å². The molecular formula is C31H24F4N8O4. The third-order valence-electron chi connectivity index (χ3n) is 8.05. The first-order chi connectivity index (χ1) is 22.5. The third kappa shape index (κ3) is 5.49. The molecule has 16 heteroatoms. The van der Waals surface area contributed by atoms with Crippen LogP contribution in [0.5, 0.6) is 5.75 Å². The summed E-state index contributed by atoms with van der Waals surface area (Å²) in [7, 11) is 0. The summed E-state index contributed by atoms with van der Waals surface area (Å²) in [6.07, 6.45) is 2.04. The molecule has 5 heterocycles. The van der Waals surface area contributed by atoms with Gasteiger partial charge in [-0.05, 0) is 55.0 Å². The molecule has 2 amide bonds. The maximum Gasteiger partial charge on any atom is 0.482 e. The van der Waals surface area contributed by atoms with Gasteiger partial charge in [-0.3, -0.25) is 19.5 Å². The summed E-state index contributed by atoms with van der Waals surface area (Å²) < 4.78 is 63.2. The highest BCUT2D eigenvalue weighted by molar-refractivity contribution is 6.09. The molecule has 240 valence electrons. The van der Waals surface area contributed by atoms with Gasteiger partial charge in [0.2, 0.25) is 0 Å². The number of halogens is 4. The number of ether oxygens (including phenoxy) is 1. The van der Waals surface area contributed by atoms with E-state index in [4.69, 9.17) is 15.5 Å². The van der Waals surface area contributed by atoms with Crippen LogP contribution in [0, 0.1) is 17.6 Å². The number of pyridine rings is 2. The van der Waals surface area contributed by atoms with Crippen molar-refractivity contribution in [1.29, 1.82) is 0 Å². The third-order valence-corrected chi connectivity index (χ3v) is 8.05. The number of amides is 2. The highest BCUT2D eigenvalue weighted by Gasteiger charge is 2.51. The van der Waals surface area contributed by atoms with E-state index < -0.39 is 54.5 Å². The zero-order valence-electron chi connectivity index (χ0n) is 24.3. The van der Waals surface area contributed by atoms with Crippen molar-refractivity contribution in [2.45, 2.75) is 38.0 Å². The zero-order valence-corrected chi connectivity index (χ0v) is 24.3. The van der Waals surface area contributed by atoms with Gasteiger partial charge in [-0.1, -0.05) is 6.07 Å². The molecule has 12 nitrogen and oxygen atoms in total. The Morgan fingerprint density at radius 3 is 2.47 bits per heavy atom. The largest absolute Gasteiger partial charge is 0.482 e. The molecule has 4 aromatic heterocycles. The van der Waals surface area contributed by atoms with Crippen molar-refractivity contribution < 1.29 is 37.0 Å². The predicted octanol–water partition coefficient (Wildman–Crippen LogP) is 3.71. The van der Waals surface area contributed by atoms with E-state index in [1.807, 2.05) is 0 Å². The fraction of sp³-hybridized carbons (Fsp3) is 0.258. The normalized spacial score (nSPS) is 16.2. The lowest BCUT2D eigenvalue weighted by Gasteiger charge is -2.33. The Labute approximate surface area is 262 Å². The average molecular weight is 649 g/mol. The minimum atomic E-state index is -4.27. The molecule has 1 atom stereocenters. The monoisotopic (exact) mass is 648 g/mol. The molecule has 1 fully saturated rings. The van der Waals surface area contributed by atoms with Gasteiger partial charge in [0.05, 0.1) is 60.6 Å². The molecule has 7 rings (SSSR count). The van der Waals surface area contributed by atoms with Gasteiger partial charge in [-0.25, -0.2) is 28.4 Å². The summed E-state index contributed by atoms with van der Waals surface area (Å²) in [5, 5.41) is 15.1. The van der Waals surface area contributed by atoms with Crippen LogP contribution in [0.15, 0.2) is 55.1 Å². The van der Waals surface area contributed by atoms with Crippen LogP contribution in [0.1, 0.15) is 46.5 Å². The fourth-order valence-corrected chi connectivity index (χ4v) is 5.66. The summed E-state index contributed by atoms with van der Waals surface area (Å²) in [5.74, 6) is -4.04. The second kappa shape index (κ2) is 11.4. The highest BCUT2D eigenvalue weighted by Crippen LogP contribution is 2.45. The molecule has 1 saturated carbocycles. The maximum atomic E-state index is 15.0. The van der Waals surface area contributed by atoms with Gasteiger partial charge in [0, 0.05) is 10.9 Å². The van der Waals surface area contributed by atoms with Crippen molar-refractivity contribution >= 4 is 28.5 Å². The lowest BCUT2D eigenvalue weighted by atomic mass is 9.93. The van der Waals surface area contributed by atoms with Crippen LogP contribution in [0.2, 0.25) is 0 Å². The van der Waals surface area contributed by atoms with E-state index in [1.54, 1.807) is 0 Å². The molecule has 0 unspecified atom stereocenters. The van der Waals surface area contributed by atoms with Crippen LogP contribution in [-0.2, 0) is 17.8 Å². The number of nitrogens with zero attached hydrogens (tertiary/aromatic N) is 7. The van der Waals surface area contributed by atoms with Gasteiger partial charge in [-0.15, -0.1) is 0 Å². The number of aliphatic hydroxyl groups excluding tert-OH is 1.